The molecule has 0 heterocycles. The molecule has 0 aromatic heterocycles. The van der Waals surface area contributed by atoms with Crippen LogP contribution in [0, 0.1) is 11.7 Å². The van der Waals surface area contributed by atoms with Gasteiger partial charge in [-0.15, -0.1) is 0 Å². The maximum Gasteiger partial charge on any atom is 0.239 e. The van der Waals surface area contributed by atoms with Crippen LogP contribution in [0.5, 0.6) is 5.75 Å². The van der Waals surface area contributed by atoms with Gasteiger partial charge in [0.25, 0.3) is 0 Å². The van der Waals surface area contributed by atoms with Crippen LogP contribution in [0.1, 0.15) is 12.0 Å². The largest absolute Gasteiger partial charge is 0.497 e. The number of nitrogens with two attached hydrogens (primary N) is 1. The fourth-order valence-electron chi connectivity index (χ4n) is 3.21. The molecule has 0 radical (unpaired) electrons. The first-order valence-electron chi connectivity index (χ1n) is 10.8. The van der Waals surface area contributed by atoms with Gasteiger partial charge in [0.05, 0.1) is 32.7 Å². The normalized spacial score (nSPS) is 14.8. The molecule has 0 saturated heterocycles. The van der Waals surface area contributed by atoms with Gasteiger partial charge in [0.2, 0.25) is 11.8 Å². The zero-order valence-corrected chi connectivity index (χ0v) is 18.6. The summed E-state index contributed by atoms with van der Waals surface area (Å²) >= 11 is 0. The lowest BCUT2D eigenvalue weighted by Gasteiger charge is -2.15. The van der Waals surface area contributed by atoms with Crippen molar-refractivity contribution in [2.75, 3.05) is 26.7 Å². The molecule has 4 N–H and O–H groups in total. The Bertz CT molecular complexity index is 988. The van der Waals surface area contributed by atoms with Crippen LogP contribution in [0.15, 0.2) is 72.5 Å². The molecule has 33 heavy (non-hydrogen) atoms. The van der Waals surface area contributed by atoms with Gasteiger partial charge in [0.1, 0.15) is 29.6 Å². The number of hydrogen-bond acceptors (Lipinski definition) is 4. The van der Waals surface area contributed by atoms with Crippen LogP contribution >= 0.6 is 0 Å². The van der Waals surface area contributed by atoms with Gasteiger partial charge in [-0.2, -0.15) is 0 Å². The van der Waals surface area contributed by atoms with Crippen molar-refractivity contribution in [3.8, 4) is 5.75 Å². The van der Waals surface area contributed by atoms with Crippen molar-refractivity contribution in [1.82, 2.24) is 10.6 Å². The van der Waals surface area contributed by atoms with Crippen molar-refractivity contribution in [2.24, 2.45) is 5.92 Å². The van der Waals surface area contributed by atoms with Crippen LogP contribution in [-0.2, 0) is 20.9 Å². The molecule has 1 aliphatic rings. The first-order chi connectivity index (χ1) is 16.0. The minimum Gasteiger partial charge on any atom is -0.497 e. The van der Waals surface area contributed by atoms with E-state index in [1.54, 1.807) is 31.4 Å². The quantitative estimate of drug-likeness (QED) is 0.357. The summed E-state index contributed by atoms with van der Waals surface area (Å²) in [4.78, 5) is 24.1. The summed E-state index contributed by atoms with van der Waals surface area (Å²) in [7, 11) is 1.58. The minimum atomic E-state index is -0.285. The molecular formula is C25H29FN3O4+. The summed E-state index contributed by atoms with van der Waals surface area (Å²) in [5.41, 5.74) is 1.91. The predicted octanol–water partition coefficient (Wildman–Crippen LogP) is 1.94. The summed E-state index contributed by atoms with van der Waals surface area (Å²) in [6.07, 6.45) is 5.94. The van der Waals surface area contributed by atoms with Crippen molar-refractivity contribution in [3.05, 3.63) is 83.9 Å². The highest BCUT2D eigenvalue weighted by Crippen LogP contribution is 2.17. The molecule has 7 nitrogen and oxygen atoms in total. The number of rotatable bonds is 11. The molecule has 1 aliphatic carbocycles. The Morgan fingerprint density at radius 2 is 1.85 bits per heavy atom. The number of amides is 2. The van der Waals surface area contributed by atoms with Gasteiger partial charge in [-0.3, -0.25) is 9.59 Å². The van der Waals surface area contributed by atoms with Crippen molar-refractivity contribution in [2.45, 2.75) is 13.0 Å². The van der Waals surface area contributed by atoms with E-state index in [9.17, 15) is 14.0 Å². The summed E-state index contributed by atoms with van der Waals surface area (Å²) in [6.45, 7) is 1.45. The second kappa shape index (κ2) is 12.4. The van der Waals surface area contributed by atoms with Crippen molar-refractivity contribution in [3.63, 3.8) is 0 Å². The van der Waals surface area contributed by atoms with E-state index in [0.29, 0.717) is 26.1 Å². The average Bonchev–Trinajstić information content (AvgIpc) is 2.85. The summed E-state index contributed by atoms with van der Waals surface area (Å²) < 4.78 is 23.7. The van der Waals surface area contributed by atoms with E-state index in [1.165, 1.54) is 12.1 Å². The first kappa shape index (κ1) is 24.0. The predicted molar refractivity (Wildman–Crippen MR) is 122 cm³/mol. The highest BCUT2D eigenvalue weighted by Gasteiger charge is 2.18. The van der Waals surface area contributed by atoms with Crippen LogP contribution in [0.2, 0.25) is 0 Å². The second-order valence-corrected chi connectivity index (χ2v) is 7.56. The third kappa shape index (κ3) is 8.08. The summed E-state index contributed by atoms with van der Waals surface area (Å²) in [6, 6.07) is 13.8. The van der Waals surface area contributed by atoms with E-state index in [1.807, 2.05) is 35.7 Å². The van der Waals surface area contributed by atoms with Gasteiger partial charge in [-0.1, -0.05) is 18.2 Å². The average molecular weight is 455 g/mol. The van der Waals surface area contributed by atoms with E-state index < -0.39 is 0 Å². The molecule has 1 unspecified atom stereocenters. The number of allylic oxidation sites excluding steroid dienone is 2. The van der Waals surface area contributed by atoms with Crippen molar-refractivity contribution < 1.29 is 28.8 Å². The van der Waals surface area contributed by atoms with Crippen LogP contribution in [0.25, 0.3) is 0 Å². The molecule has 1 atom stereocenters. The summed E-state index contributed by atoms with van der Waals surface area (Å²) in [5.74, 6) is 0.501. The standard InChI is InChI=1S/C25H28FN3O4/c1-32-22-10-4-19(5-11-22)25(31)29-16-24(30)28-15-14-27-21-8-12-23(13-9-21)33-17-18-2-6-20(26)7-3-18/h2-4,6-13,19,27H,5,14-17H2,1H3,(H,28,30)(H,29,31)/p+1. The number of quaternary nitrogens is 1. The number of benzene rings is 2. The fraction of sp³-hybridized carbons (Fsp3) is 0.280. The Kier molecular flexibility index (Phi) is 9.02. The van der Waals surface area contributed by atoms with Gasteiger partial charge < -0.3 is 25.4 Å². The lowest BCUT2D eigenvalue weighted by atomic mass is 9.99. The molecule has 0 bridgehead atoms. The van der Waals surface area contributed by atoms with Gasteiger partial charge in [-0.05, 0) is 48.4 Å². The number of hydrogen-bond donors (Lipinski definition) is 3. The molecule has 8 heteroatoms. The fourth-order valence-corrected chi connectivity index (χ4v) is 3.21. The number of ether oxygens (including phenoxy) is 2. The molecule has 2 aromatic carbocycles. The number of nitrogens with one attached hydrogen (secondary N) is 2. The maximum atomic E-state index is 12.9. The summed E-state index contributed by atoms with van der Waals surface area (Å²) in [5, 5.41) is 7.47. The van der Waals surface area contributed by atoms with Gasteiger partial charge in [0.15, 0.2) is 0 Å². The Balaban J connectivity index is 1.28. The van der Waals surface area contributed by atoms with E-state index in [4.69, 9.17) is 9.47 Å². The Hall–Kier alpha value is -3.65. The highest BCUT2D eigenvalue weighted by atomic mass is 19.1. The minimum absolute atomic E-state index is 0.0515. The zero-order chi connectivity index (χ0) is 23.5. The van der Waals surface area contributed by atoms with E-state index in [-0.39, 0.29) is 30.1 Å². The Morgan fingerprint density at radius 1 is 1.09 bits per heavy atom. The van der Waals surface area contributed by atoms with E-state index in [2.05, 4.69) is 10.6 Å². The lowest BCUT2D eigenvalue weighted by Crippen LogP contribution is -2.79. The molecular weight excluding hydrogens is 425 g/mol. The smallest absolute Gasteiger partial charge is 0.239 e. The number of carbonyl (C=O) groups excluding carboxylic acids is 2. The van der Waals surface area contributed by atoms with Crippen LogP contribution in [0.4, 0.5) is 10.1 Å². The molecule has 0 aliphatic heterocycles. The third-order valence-electron chi connectivity index (χ3n) is 5.11. The Morgan fingerprint density at radius 3 is 2.52 bits per heavy atom. The van der Waals surface area contributed by atoms with Crippen molar-refractivity contribution >= 4 is 17.5 Å². The number of carbonyl (C=O) groups is 2. The van der Waals surface area contributed by atoms with E-state index in [0.717, 1.165) is 22.8 Å². The van der Waals surface area contributed by atoms with Crippen LogP contribution in [0.3, 0.4) is 0 Å². The molecule has 0 fully saturated rings. The van der Waals surface area contributed by atoms with Gasteiger partial charge in [-0.25, -0.2) is 4.39 Å². The first-order valence-corrected chi connectivity index (χ1v) is 10.8. The second-order valence-electron chi connectivity index (χ2n) is 7.56. The topological polar surface area (TPSA) is 93.3 Å². The Labute approximate surface area is 192 Å². The van der Waals surface area contributed by atoms with Gasteiger partial charge >= 0.3 is 0 Å². The zero-order valence-electron chi connectivity index (χ0n) is 18.6. The monoisotopic (exact) mass is 454 g/mol. The molecule has 2 aromatic rings. The SMILES string of the molecule is COC1=CCC(C(=O)NCC(=O)NCC[NH2+]c2ccc(OCc3ccc(F)cc3)cc2)C=C1. The lowest BCUT2D eigenvalue weighted by molar-refractivity contribution is -0.569. The molecule has 0 spiro atoms. The van der Waals surface area contributed by atoms with Crippen LogP contribution < -0.4 is 20.7 Å². The molecule has 0 saturated carbocycles. The maximum absolute atomic E-state index is 12.9. The molecule has 174 valence electrons. The van der Waals surface area contributed by atoms with Crippen LogP contribution in [-0.4, -0.2) is 38.6 Å². The highest BCUT2D eigenvalue weighted by molar-refractivity contribution is 5.86. The van der Waals surface area contributed by atoms with E-state index >= 15 is 0 Å². The van der Waals surface area contributed by atoms with Crippen molar-refractivity contribution in [1.29, 1.82) is 0 Å². The number of halogens is 1. The molecule has 2 amide bonds. The molecule has 3 rings (SSSR count). The van der Waals surface area contributed by atoms with Gasteiger partial charge in [0, 0.05) is 12.1 Å². The number of methoxy groups -OCH3 is 1. The third-order valence-corrected chi connectivity index (χ3v) is 5.11.